The molecule has 0 saturated carbocycles. The third-order valence-electron chi connectivity index (χ3n) is 3.92. The molecule has 2 nitrogen and oxygen atoms in total. The van der Waals surface area contributed by atoms with Crippen LogP contribution in [0.15, 0.2) is 18.2 Å². The standard InChI is InChI=1S/C14H20N2/c1-15-10-7-13-12(5-4-6-14(13)15)11-16-8-2-3-9-16/h4-6,15H,1-3,7-11H2. The van der Waals surface area contributed by atoms with Crippen LogP contribution in [0.5, 0.6) is 0 Å². The maximum absolute atomic E-state index is 4.15. The van der Waals surface area contributed by atoms with Crippen molar-refractivity contribution in [1.82, 2.24) is 4.90 Å². The van der Waals surface area contributed by atoms with Crippen LogP contribution >= 0.6 is 0 Å². The van der Waals surface area contributed by atoms with Gasteiger partial charge in [0.1, 0.15) is 5.69 Å². The van der Waals surface area contributed by atoms with Gasteiger partial charge in [-0.15, -0.1) is 7.05 Å². The Morgan fingerprint density at radius 2 is 2.06 bits per heavy atom. The van der Waals surface area contributed by atoms with Crippen LogP contribution in [0.25, 0.3) is 0 Å². The third kappa shape index (κ3) is 1.76. The number of benzene rings is 1. The SMILES string of the molecule is [CH2-][NH+]1CCc2c(CN3CCCC3)cccc21. The molecule has 1 aromatic rings. The lowest BCUT2D eigenvalue weighted by Gasteiger charge is -2.17. The zero-order valence-corrected chi connectivity index (χ0v) is 9.84. The number of hydrogen-bond donors (Lipinski definition) is 1. The summed E-state index contributed by atoms with van der Waals surface area (Å²) in [6, 6.07) is 6.73. The van der Waals surface area contributed by atoms with E-state index in [1.165, 1.54) is 48.5 Å². The van der Waals surface area contributed by atoms with E-state index in [0.717, 1.165) is 13.1 Å². The van der Waals surface area contributed by atoms with Crippen molar-refractivity contribution in [3.63, 3.8) is 0 Å². The Hall–Kier alpha value is -0.860. The highest BCUT2D eigenvalue weighted by molar-refractivity contribution is 5.47. The molecule has 2 aliphatic rings. The minimum Gasteiger partial charge on any atom is -0.434 e. The molecule has 0 spiro atoms. The van der Waals surface area contributed by atoms with E-state index < -0.39 is 0 Å². The van der Waals surface area contributed by atoms with Gasteiger partial charge in [0.05, 0.1) is 6.54 Å². The molecule has 1 atom stereocenters. The Labute approximate surface area is 97.9 Å². The Morgan fingerprint density at radius 3 is 2.88 bits per heavy atom. The minimum absolute atomic E-state index is 1.15. The number of nitrogens with one attached hydrogen (secondary N) is 1. The van der Waals surface area contributed by atoms with Gasteiger partial charge < -0.3 is 4.90 Å². The van der Waals surface area contributed by atoms with Gasteiger partial charge in [0.2, 0.25) is 0 Å². The van der Waals surface area contributed by atoms with Gasteiger partial charge >= 0.3 is 0 Å². The molecule has 1 unspecified atom stereocenters. The van der Waals surface area contributed by atoms with Crippen molar-refractivity contribution in [2.45, 2.75) is 25.8 Å². The summed E-state index contributed by atoms with van der Waals surface area (Å²) in [6.45, 7) is 4.87. The Morgan fingerprint density at radius 1 is 1.25 bits per heavy atom. The lowest BCUT2D eigenvalue weighted by Crippen LogP contribution is -3.00. The molecular formula is C14H20N2. The van der Waals surface area contributed by atoms with Crippen LogP contribution in [0.2, 0.25) is 0 Å². The normalized spacial score (nSPS) is 24.9. The van der Waals surface area contributed by atoms with Crippen molar-refractivity contribution in [1.29, 1.82) is 0 Å². The fourth-order valence-corrected chi connectivity index (χ4v) is 3.00. The molecule has 0 aromatic heterocycles. The molecule has 0 radical (unpaired) electrons. The second-order valence-corrected chi connectivity index (χ2v) is 5.03. The summed E-state index contributed by atoms with van der Waals surface area (Å²) in [6.07, 6.45) is 3.96. The van der Waals surface area contributed by atoms with E-state index >= 15 is 0 Å². The number of quaternary nitrogens is 1. The van der Waals surface area contributed by atoms with Crippen molar-refractivity contribution in [2.75, 3.05) is 19.6 Å². The average Bonchev–Trinajstić information content (AvgIpc) is 2.90. The maximum Gasteiger partial charge on any atom is 0.108 e. The van der Waals surface area contributed by atoms with Gasteiger partial charge in [0, 0.05) is 18.5 Å². The first kappa shape index (κ1) is 10.3. The van der Waals surface area contributed by atoms with Crippen molar-refractivity contribution in [3.8, 4) is 0 Å². The van der Waals surface area contributed by atoms with Gasteiger partial charge in [-0.05, 0) is 37.6 Å². The van der Waals surface area contributed by atoms with E-state index in [1.54, 1.807) is 5.56 Å². The first-order chi connectivity index (χ1) is 7.84. The number of likely N-dealkylation sites (tertiary alicyclic amines) is 1. The van der Waals surface area contributed by atoms with Crippen LogP contribution in [-0.4, -0.2) is 24.5 Å². The number of nitrogens with zero attached hydrogens (tertiary/aromatic N) is 1. The zero-order chi connectivity index (χ0) is 11.0. The van der Waals surface area contributed by atoms with E-state index in [1.807, 2.05) is 0 Å². The molecule has 16 heavy (non-hydrogen) atoms. The molecular weight excluding hydrogens is 196 g/mol. The number of fused-ring (bicyclic) bond motifs is 1. The van der Waals surface area contributed by atoms with E-state index in [4.69, 9.17) is 0 Å². The highest BCUT2D eigenvalue weighted by atomic mass is 15.1. The Balaban J connectivity index is 1.84. The summed E-state index contributed by atoms with van der Waals surface area (Å²) in [5, 5.41) is 0. The van der Waals surface area contributed by atoms with Crippen molar-refractivity contribution >= 4 is 5.69 Å². The highest BCUT2D eigenvalue weighted by Crippen LogP contribution is 2.23. The summed E-state index contributed by atoms with van der Waals surface area (Å²) >= 11 is 0. The van der Waals surface area contributed by atoms with E-state index in [2.05, 4.69) is 30.1 Å². The molecule has 1 fully saturated rings. The molecule has 1 saturated heterocycles. The molecule has 2 aliphatic heterocycles. The maximum atomic E-state index is 4.15. The van der Waals surface area contributed by atoms with Crippen molar-refractivity contribution in [3.05, 3.63) is 36.4 Å². The fourth-order valence-electron chi connectivity index (χ4n) is 3.00. The van der Waals surface area contributed by atoms with Gasteiger partial charge in [-0.25, -0.2) is 0 Å². The molecule has 0 bridgehead atoms. The summed E-state index contributed by atoms with van der Waals surface area (Å²) in [7, 11) is 4.15. The molecule has 0 amide bonds. The van der Waals surface area contributed by atoms with Crippen LogP contribution in [0.3, 0.4) is 0 Å². The highest BCUT2D eigenvalue weighted by Gasteiger charge is 2.22. The quantitative estimate of drug-likeness (QED) is 0.729. The van der Waals surface area contributed by atoms with Gasteiger partial charge in [-0.3, -0.25) is 4.90 Å². The lowest BCUT2D eigenvalue weighted by atomic mass is 10.0. The molecule has 3 rings (SSSR count). The Kier molecular flexibility index (Phi) is 2.70. The van der Waals surface area contributed by atoms with Crippen LogP contribution in [0.1, 0.15) is 24.0 Å². The van der Waals surface area contributed by atoms with Gasteiger partial charge in [-0.1, -0.05) is 12.1 Å². The molecule has 2 heteroatoms. The summed E-state index contributed by atoms with van der Waals surface area (Å²) < 4.78 is 0. The van der Waals surface area contributed by atoms with Gasteiger partial charge in [0.25, 0.3) is 0 Å². The average molecular weight is 216 g/mol. The second-order valence-electron chi connectivity index (χ2n) is 5.03. The van der Waals surface area contributed by atoms with Gasteiger partial charge in [-0.2, -0.15) is 0 Å². The molecule has 1 aromatic carbocycles. The third-order valence-corrected chi connectivity index (χ3v) is 3.92. The Bertz CT molecular complexity index is 380. The lowest BCUT2D eigenvalue weighted by molar-refractivity contribution is -0.775. The fraction of sp³-hybridized carbons (Fsp3) is 0.500. The summed E-state index contributed by atoms with van der Waals surface area (Å²) in [4.78, 5) is 3.91. The van der Waals surface area contributed by atoms with Crippen LogP contribution in [0, 0.1) is 7.05 Å². The minimum atomic E-state index is 1.15. The van der Waals surface area contributed by atoms with Crippen LogP contribution in [0.4, 0.5) is 5.69 Å². The first-order valence-electron chi connectivity index (χ1n) is 6.36. The predicted molar refractivity (Wildman–Crippen MR) is 65.5 cm³/mol. The van der Waals surface area contributed by atoms with Crippen molar-refractivity contribution in [2.24, 2.45) is 0 Å². The topological polar surface area (TPSA) is 7.68 Å². The zero-order valence-electron chi connectivity index (χ0n) is 9.84. The predicted octanol–water partition coefficient (Wildman–Crippen LogP) is 1.15. The number of rotatable bonds is 2. The van der Waals surface area contributed by atoms with Gasteiger partial charge in [0.15, 0.2) is 0 Å². The molecule has 0 aliphatic carbocycles. The van der Waals surface area contributed by atoms with Crippen LogP contribution in [-0.2, 0) is 13.0 Å². The first-order valence-corrected chi connectivity index (χ1v) is 6.36. The smallest absolute Gasteiger partial charge is 0.108 e. The monoisotopic (exact) mass is 216 g/mol. The summed E-state index contributed by atoms with van der Waals surface area (Å²) in [5.74, 6) is 0. The van der Waals surface area contributed by atoms with E-state index in [-0.39, 0.29) is 0 Å². The largest absolute Gasteiger partial charge is 0.434 e. The van der Waals surface area contributed by atoms with Crippen LogP contribution < -0.4 is 4.90 Å². The molecule has 2 heterocycles. The van der Waals surface area contributed by atoms with E-state index in [9.17, 15) is 0 Å². The molecule has 86 valence electrons. The van der Waals surface area contributed by atoms with E-state index in [0.29, 0.717) is 0 Å². The molecule has 1 N–H and O–H groups in total. The second kappa shape index (κ2) is 4.19. The summed E-state index contributed by atoms with van der Waals surface area (Å²) in [5.41, 5.74) is 4.54. The number of hydrogen-bond acceptors (Lipinski definition) is 1. The van der Waals surface area contributed by atoms with Crippen molar-refractivity contribution < 1.29 is 4.90 Å².